The number of pyridine rings is 1. The van der Waals surface area contributed by atoms with Gasteiger partial charge >= 0.3 is 6.09 Å². The third-order valence-corrected chi connectivity index (χ3v) is 5.32. The van der Waals surface area contributed by atoms with E-state index >= 15 is 0 Å². The minimum Gasteiger partial charge on any atom is -0.465 e. The average Bonchev–Trinajstić information content (AvgIpc) is 3.64. The standard InChI is InChI=1S/C20H18N6O3.C3H6/c21-12-13-8-10-25(11-9-13)18(27)15-6-4-14(5-7-15)16-2-1-3-17-22-19(23-20(28)29)24-26(16)17;1-2-3-1/h1-7,13H,8-11H2,(H,23,24)(H,28,29);1-3H2. The summed E-state index contributed by atoms with van der Waals surface area (Å²) >= 11 is 0. The van der Waals surface area contributed by atoms with Crippen molar-refractivity contribution in [3.05, 3.63) is 48.0 Å². The number of hydrogen-bond donors (Lipinski definition) is 2. The van der Waals surface area contributed by atoms with Gasteiger partial charge in [0.15, 0.2) is 5.65 Å². The second-order valence-electron chi connectivity index (χ2n) is 7.88. The van der Waals surface area contributed by atoms with Crippen molar-refractivity contribution in [3.8, 4) is 17.3 Å². The maximum absolute atomic E-state index is 12.7. The molecule has 0 atom stereocenters. The molecule has 0 unspecified atom stereocenters. The summed E-state index contributed by atoms with van der Waals surface area (Å²) in [4.78, 5) is 29.4. The number of nitrogens with zero attached hydrogens (tertiary/aromatic N) is 5. The molecule has 9 heteroatoms. The highest BCUT2D eigenvalue weighted by Crippen LogP contribution is 2.23. The van der Waals surface area contributed by atoms with Crippen molar-refractivity contribution in [2.75, 3.05) is 18.4 Å². The summed E-state index contributed by atoms with van der Waals surface area (Å²) in [7, 11) is 0. The molecule has 0 radical (unpaired) electrons. The Morgan fingerprint density at radius 2 is 1.75 bits per heavy atom. The van der Waals surface area contributed by atoms with Crippen molar-refractivity contribution < 1.29 is 14.7 Å². The number of amides is 2. The van der Waals surface area contributed by atoms with Crippen LogP contribution in [0.25, 0.3) is 16.9 Å². The third-order valence-electron chi connectivity index (χ3n) is 5.32. The fourth-order valence-corrected chi connectivity index (χ4v) is 3.45. The molecule has 164 valence electrons. The Hall–Kier alpha value is -3.93. The predicted molar refractivity (Wildman–Crippen MR) is 118 cm³/mol. The van der Waals surface area contributed by atoms with Gasteiger partial charge in [-0.25, -0.2) is 9.31 Å². The Morgan fingerprint density at radius 1 is 1.06 bits per heavy atom. The number of benzene rings is 1. The number of hydrogen-bond acceptors (Lipinski definition) is 5. The van der Waals surface area contributed by atoms with Crippen molar-refractivity contribution in [3.63, 3.8) is 0 Å². The third kappa shape index (κ3) is 5.03. The van der Waals surface area contributed by atoms with Crippen LogP contribution in [-0.4, -0.2) is 49.7 Å². The molecule has 2 fully saturated rings. The average molecular weight is 432 g/mol. The summed E-state index contributed by atoms with van der Waals surface area (Å²) < 4.78 is 1.55. The number of anilines is 1. The van der Waals surface area contributed by atoms with E-state index in [1.807, 2.05) is 24.3 Å². The van der Waals surface area contributed by atoms with Crippen LogP contribution in [0.4, 0.5) is 10.7 Å². The van der Waals surface area contributed by atoms with Crippen molar-refractivity contribution in [1.82, 2.24) is 19.5 Å². The van der Waals surface area contributed by atoms with E-state index in [9.17, 15) is 9.59 Å². The molecule has 2 aliphatic rings. The highest BCUT2D eigenvalue weighted by atomic mass is 16.4. The maximum atomic E-state index is 12.7. The summed E-state index contributed by atoms with van der Waals surface area (Å²) in [6, 6.07) is 14.8. The number of carboxylic acid groups (broad SMARTS) is 1. The molecule has 2 N–H and O–H groups in total. The van der Waals surface area contributed by atoms with Crippen LogP contribution in [0.2, 0.25) is 0 Å². The van der Waals surface area contributed by atoms with Crippen molar-refractivity contribution >= 4 is 23.6 Å². The fourth-order valence-electron chi connectivity index (χ4n) is 3.45. The Labute approximate surface area is 185 Å². The summed E-state index contributed by atoms with van der Waals surface area (Å²) in [6.45, 7) is 1.19. The number of likely N-dealkylation sites (tertiary alicyclic amines) is 1. The molecule has 3 aromatic rings. The molecule has 5 rings (SSSR count). The number of carbonyl (C=O) groups is 2. The lowest BCUT2D eigenvalue weighted by Crippen LogP contribution is -2.38. The molecule has 1 aliphatic carbocycles. The molecule has 2 amide bonds. The minimum atomic E-state index is -1.23. The number of nitriles is 1. The number of aromatic nitrogens is 3. The Morgan fingerprint density at radius 3 is 2.34 bits per heavy atom. The van der Waals surface area contributed by atoms with Gasteiger partial charge in [-0.3, -0.25) is 10.1 Å². The van der Waals surface area contributed by atoms with Crippen molar-refractivity contribution in [2.24, 2.45) is 5.92 Å². The molecule has 1 aromatic carbocycles. The lowest BCUT2D eigenvalue weighted by atomic mass is 9.98. The van der Waals surface area contributed by atoms with Crippen LogP contribution in [0.3, 0.4) is 0 Å². The molecule has 1 aliphatic heterocycles. The molecular weight excluding hydrogens is 408 g/mol. The number of fused-ring (bicyclic) bond motifs is 1. The highest BCUT2D eigenvalue weighted by molar-refractivity contribution is 5.94. The van der Waals surface area contributed by atoms with Crippen LogP contribution in [0, 0.1) is 17.2 Å². The first-order valence-electron chi connectivity index (χ1n) is 10.7. The number of rotatable bonds is 3. The van der Waals surface area contributed by atoms with Crippen molar-refractivity contribution in [2.45, 2.75) is 32.1 Å². The van der Waals surface area contributed by atoms with Gasteiger partial charge in [0, 0.05) is 30.1 Å². The molecular formula is C23H24N6O3. The normalized spacial score (nSPS) is 15.4. The first kappa shape index (κ1) is 21.3. The fraction of sp³-hybridized carbons (Fsp3) is 0.348. The van der Waals surface area contributed by atoms with Gasteiger partial charge in [0.2, 0.25) is 0 Å². The predicted octanol–water partition coefficient (Wildman–Crippen LogP) is 4.03. The van der Waals surface area contributed by atoms with Gasteiger partial charge in [-0.2, -0.15) is 10.2 Å². The Kier molecular flexibility index (Phi) is 6.31. The summed E-state index contributed by atoms with van der Waals surface area (Å²) in [6.07, 6.45) is 4.69. The van der Waals surface area contributed by atoms with Gasteiger partial charge in [0.1, 0.15) is 0 Å². The van der Waals surface area contributed by atoms with E-state index in [2.05, 4.69) is 21.5 Å². The van der Waals surface area contributed by atoms with Gasteiger partial charge in [-0.05, 0) is 37.1 Å². The van der Waals surface area contributed by atoms with Gasteiger partial charge < -0.3 is 10.0 Å². The van der Waals surface area contributed by atoms with E-state index in [1.165, 1.54) is 19.3 Å². The van der Waals surface area contributed by atoms with E-state index in [4.69, 9.17) is 10.4 Å². The van der Waals surface area contributed by atoms with E-state index in [0.29, 0.717) is 37.1 Å². The Bertz CT molecular complexity index is 1150. The van der Waals surface area contributed by atoms with Crippen molar-refractivity contribution in [1.29, 1.82) is 5.26 Å². The number of nitrogens with one attached hydrogen (secondary N) is 1. The smallest absolute Gasteiger partial charge is 0.411 e. The second kappa shape index (κ2) is 9.47. The lowest BCUT2D eigenvalue weighted by molar-refractivity contribution is 0.0707. The second-order valence-corrected chi connectivity index (χ2v) is 7.88. The van der Waals surface area contributed by atoms with E-state index in [-0.39, 0.29) is 17.8 Å². The SMILES string of the molecule is C1CC1.N#CC1CCN(C(=O)c2ccc(-c3cccc4nc(NC(=O)O)nn34)cc2)CC1. The molecule has 2 aromatic heterocycles. The Balaban J connectivity index is 0.000000754. The topological polar surface area (TPSA) is 124 Å². The zero-order valence-corrected chi connectivity index (χ0v) is 17.6. The largest absolute Gasteiger partial charge is 0.465 e. The van der Waals surface area contributed by atoms with E-state index < -0.39 is 6.09 Å². The van der Waals surface area contributed by atoms with E-state index in [0.717, 1.165) is 11.3 Å². The van der Waals surface area contributed by atoms with Gasteiger partial charge in [-0.15, -0.1) is 5.10 Å². The molecule has 3 heterocycles. The quantitative estimate of drug-likeness (QED) is 0.644. The van der Waals surface area contributed by atoms with Crippen LogP contribution >= 0.6 is 0 Å². The van der Waals surface area contributed by atoms with Gasteiger partial charge in [0.05, 0.1) is 11.8 Å². The molecule has 0 bridgehead atoms. The summed E-state index contributed by atoms with van der Waals surface area (Å²) in [5.74, 6) is -0.0116. The molecule has 1 saturated heterocycles. The number of carbonyl (C=O) groups excluding carboxylic acids is 1. The molecule has 1 saturated carbocycles. The maximum Gasteiger partial charge on any atom is 0.411 e. The molecule has 9 nitrogen and oxygen atoms in total. The first-order valence-corrected chi connectivity index (χ1v) is 10.7. The molecule has 32 heavy (non-hydrogen) atoms. The van der Waals surface area contributed by atoms with Crippen LogP contribution in [-0.2, 0) is 0 Å². The monoisotopic (exact) mass is 432 g/mol. The summed E-state index contributed by atoms with van der Waals surface area (Å²) in [5, 5.41) is 24.2. The highest BCUT2D eigenvalue weighted by Gasteiger charge is 2.23. The first-order chi connectivity index (χ1) is 15.5. The summed E-state index contributed by atoms with van der Waals surface area (Å²) in [5.41, 5.74) is 2.64. The lowest BCUT2D eigenvalue weighted by Gasteiger charge is -2.29. The van der Waals surface area contributed by atoms with E-state index in [1.54, 1.807) is 27.6 Å². The zero-order chi connectivity index (χ0) is 22.5. The minimum absolute atomic E-state index is 0.00230. The van der Waals surface area contributed by atoms with Crippen LogP contribution in [0.15, 0.2) is 42.5 Å². The zero-order valence-electron chi connectivity index (χ0n) is 17.6. The molecule has 0 spiro atoms. The van der Waals surface area contributed by atoms with Gasteiger partial charge in [-0.1, -0.05) is 37.5 Å². The van der Waals surface area contributed by atoms with Crippen LogP contribution < -0.4 is 5.32 Å². The van der Waals surface area contributed by atoms with Crippen LogP contribution in [0.1, 0.15) is 42.5 Å². The van der Waals surface area contributed by atoms with Crippen LogP contribution in [0.5, 0.6) is 0 Å². The van der Waals surface area contributed by atoms with Gasteiger partial charge in [0.25, 0.3) is 11.9 Å². The number of piperidine rings is 1.